The Kier molecular flexibility index (Phi) is 56.4. The summed E-state index contributed by atoms with van der Waals surface area (Å²) in [6.07, 6.45) is 0.596. The molecular weight excluding hydrogens is 437 g/mol. The van der Waals surface area contributed by atoms with Crippen LogP contribution in [0, 0.1) is 0 Å². The average Bonchev–Trinajstić information content (AvgIpc) is 2.49. The van der Waals surface area contributed by atoms with E-state index in [1.807, 2.05) is 0 Å². The van der Waals surface area contributed by atoms with Crippen molar-refractivity contribution in [2.75, 3.05) is 34.4 Å². The molecule has 0 radical (unpaired) electrons. The van der Waals surface area contributed by atoms with Crippen molar-refractivity contribution >= 4 is 28.2 Å². The van der Waals surface area contributed by atoms with Gasteiger partial charge in [0, 0.05) is 58.7 Å². The molecule has 11 nitrogen and oxygen atoms in total. The number of carbonyl (C=O) groups excluding carboxylic acids is 3. The Bertz CT molecular complexity index is 340. The van der Waals surface area contributed by atoms with Crippen LogP contribution in [0.4, 0.5) is 0 Å². The zero-order chi connectivity index (χ0) is 21.8. The number of carboxylic acid groups (broad SMARTS) is 3. The zero-order valence-electron chi connectivity index (χ0n) is 19.5. The zero-order valence-corrected chi connectivity index (χ0v) is 27.5. The van der Waals surface area contributed by atoms with Gasteiger partial charge in [0.2, 0.25) is 0 Å². The first-order valence-electron chi connectivity index (χ1n) is 7.41. The van der Waals surface area contributed by atoms with Crippen LogP contribution in [0.25, 0.3) is 0 Å². The third kappa shape index (κ3) is 65.2. The Hall–Kier alpha value is 1.43. The maximum Gasteiger partial charge on any atom is 1.00 e. The topological polar surface area (TPSA) is 186 Å². The monoisotopic (exact) mass is 468 g/mol. The molecule has 0 fully saturated rings. The first-order chi connectivity index (χ1) is 11.8. The second kappa shape index (κ2) is 34.0. The smallest absolute Gasteiger partial charge is 0.550 e. The largest absolute Gasteiger partial charge is 1.00 e. The summed E-state index contributed by atoms with van der Waals surface area (Å²) in [4.78, 5) is 26.7. The van der Waals surface area contributed by atoms with Crippen molar-refractivity contribution in [3.63, 3.8) is 0 Å². The number of ether oxygens (including phenoxy) is 3. The van der Waals surface area contributed by atoms with Gasteiger partial charge in [-0.3, -0.25) is 5.32 Å². The molecule has 0 amide bonds. The van der Waals surface area contributed by atoms with Crippen LogP contribution in [0.3, 0.4) is 0 Å². The van der Waals surface area contributed by atoms with Gasteiger partial charge in [-0.15, -0.1) is 0 Å². The second-order valence-corrected chi connectivity index (χ2v) is 6.21. The first-order valence-corrected chi connectivity index (χ1v) is 8.41. The predicted molar refractivity (Wildman–Crippen MR) is 91.2 cm³/mol. The SMILES string of the molecule is CC(=O)[O-].CC(=O)[O-].CC(=O)[O-].COC(CC([SiH3])(OC)OC)NCCN.[Na+].[Na+].[Na+]. The number of hydrogen-bond acceptors (Lipinski definition) is 11. The van der Waals surface area contributed by atoms with Gasteiger partial charge in [-0.05, 0) is 20.8 Å². The van der Waals surface area contributed by atoms with Crippen LogP contribution in [0.5, 0.6) is 0 Å². The van der Waals surface area contributed by atoms with Gasteiger partial charge in [0.05, 0.1) is 10.2 Å². The van der Waals surface area contributed by atoms with E-state index < -0.39 is 23.3 Å². The minimum absolute atomic E-state index is 0. The molecule has 0 heterocycles. The van der Waals surface area contributed by atoms with Crippen LogP contribution < -0.4 is 115 Å². The molecule has 0 rings (SSSR count). The van der Waals surface area contributed by atoms with E-state index in [-0.39, 0.29) is 94.9 Å². The van der Waals surface area contributed by atoms with Crippen LogP contribution in [0.1, 0.15) is 27.2 Å². The van der Waals surface area contributed by atoms with Crippen LogP contribution in [0.15, 0.2) is 0 Å². The van der Waals surface area contributed by atoms with Gasteiger partial charge in [-0.1, -0.05) is 0 Å². The number of carbonyl (C=O) groups is 3. The fraction of sp³-hybridized carbons (Fsp3) is 0.786. The van der Waals surface area contributed by atoms with Crippen molar-refractivity contribution in [1.29, 1.82) is 0 Å². The predicted octanol–water partition coefficient (Wildman–Crippen LogP) is -14.5. The van der Waals surface area contributed by atoms with Gasteiger partial charge < -0.3 is 49.6 Å². The Balaban J connectivity index is -0.0000000540. The summed E-state index contributed by atoms with van der Waals surface area (Å²) in [5.41, 5.74) is 4.90. The molecule has 29 heavy (non-hydrogen) atoms. The van der Waals surface area contributed by atoms with Crippen LogP contribution in [-0.2, 0) is 28.6 Å². The number of carboxylic acids is 3. The van der Waals surface area contributed by atoms with Gasteiger partial charge in [0.15, 0.2) is 0 Å². The van der Waals surface area contributed by atoms with E-state index in [0.717, 1.165) is 37.6 Å². The Labute approximate surface area is 242 Å². The summed E-state index contributed by atoms with van der Waals surface area (Å²) in [5.74, 6) is -3.25. The van der Waals surface area contributed by atoms with E-state index in [9.17, 15) is 0 Å². The fourth-order valence-electron chi connectivity index (χ4n) is 1.07. The molecule has 0 aliphatic rings. The van der Waals surface area contributed by atoms with E-state index in [0.29, 0.717) is 13.0 Å². The van der Waals surface area contributed by atoms with Gasteiger partial charge in [-0.25, -0.2) is 0 Å². The summed E-state index contributed by atoms with van der Waals surface area (Å²) in [6, 6.07) is 0. The maximum atomic E-state index is 8.89. The number of aliphatic carboxylic acids is 3. The van der Waals surface area contributed by atoms with E-state index in [4.69, 9.17) is 49.6 Å². The van der Waals surface area contributed by atoms with Crippen LogP contribution >= 0.6 is 0 Å². The Morgan fingerprint density at radius 1 is 0.931 bits per heavy atom. The maximum absolute atomic E-state index is 8.89. The molecule has 1 atom stereocenters. The molecule has 158 valence electrons. The van der Waals surface area contributed by atoms with E-state index in [2.05, 4.69) is 5.32 Å². The molecule has 0 aromatic carbocycles. The number of hydrogen-bond donors (Lipinski definition) is 2. The standard InChI is InChI=1S/C8H22N2O3Si.3C2H4O2.3Na/c1-11-7(10-5-4-9)6-8(14,12-2)13-3;3*1-2(3)4;;;/h7,10H,4-6,9H2,1-3,14H3;3*1H3,(H,3,4);;;/q;;;;3*+1/p-3. The summed E-state index contributed by atoms with van der Waals surface area (Å²) in [7, 11) is 5.73. The first kappa shape index (κ1) is 48.0. The minimum atomic E-state index is -1.08. The molecule has 1 unspecified atom stereocenters. The van der Waals surface area contributed by atoms with Crippen molar-refractivity contribution in [1.82, 2.24) is 5.32 Å². The Morgan fingerprint density at radius 2 is 1.21 bits per heavy atom. The molecule has 0 saturated heterocycles. The summed E-state index contributed by atoms with van der Waals surface area (Å²) in [6.45, 7) is 4.23. The molecule has 0 spiro atoms. The van der Waals surface area contributed by atoms with Gasteiger partial charge in [0.1, 0.15) is 11.6 Å². The molecule has 0 aromatic rings. The van der Waals surface area contributed by atoms with E-state index in [1.165, 1.54) is 0 Å². The Morgan fingerprint density at radius 3 is 1.38 bits per heavy atom. The molecule has 0 bridgehead atoms. The summed E-state index contributed by atoms with van der Waals surface area (Å²) in [5, 5.41) is 29.8. The molecule has 15 heteroatoms. The van der Waals surface area contributed by atoms with Crippen LogP contribution in [0.2, 0.25) is 0 Å². The van der Waals surface area contributed by atoms with Crippen molar-refractivity contribution < 1.29 is 133 Å². The number of nitrogens with two attached hydrogens (primary N) is 1. The van der Waals surface area contributed by atoms with E-state index in [1.54, 1.807) is 21.3 Å². The third-order valence-corrected chi connectivity index (χ3v) is 3.45. The van der Waals surface area contributed by atoms with Gasteiger partial charge in [-0.2, -0.15) is 0 Å². The number of nitrogens with one attached hydrogen (secondary N) is 1. The van der Waals surface area contributed by atoms with Crippen molar-refractivity contribution in [2.24, 2.45) is 5.73 Å². The van der Waals surface area contributed by atoms with Crippen molar-refractivity contribution in [3.8, 4) is 0 Å². The van der Waals surface area contributed by atoms with Gasteiger partial charge >= 0.3 is 88.7 Å². The summed E-state index contributed by atoms with van der Waals surface area (Å²) < 4.78 is 15.8. The molecule has 3 N–H and O–H groups in total. The molecule has 0 aliphatic carbocycles. The summed E-state index contributed by atoms with van der Waals surface area (Å²) >= 11 is 0. The van der Waals surface area contributed by atoms with E-state index >= 15 is 0 Å². The molecule has 0 aliphatic heterocycles. The van der Waals surface area contributed by atoms with Crippen LogP contribution in [-0.4, -0.2) is 74.2 Å². The average molecular weight is 468 g/mol. The van der Waals surface area contributed by atoms with Gasteiger partial charge in [0.25, 0.3) is 0 Å². The molecule has 0 saturated carbocycles. The number of methoxy groups -OCH3 is 3. The second-order valence-electron chi connectivity index (χ2n) is 4.69. The normalized spacial score (nSPS) is 9.62. The quantitative estimate of drug-likeness (QED) is 0.254. The minimum Gasteiger partial charge on any atom is -0.550 e. The molecular formula is C14H31N2Na3O9Si. The third-order valence-electron chi connectivity index (χ3n) is 2.22. The molecule has 0 aromatic heterocycles. The fourth-order valence-corrected chi connectivity index (χ4v) is 1.44. The van der Waals surface area contributed by atoms with Crippen molar-refractivity contribution in [2.45, 2.75) is 38.8 Å². The number of rotatable bonds is 8. The van der Waals surface area contributed by atoms with Crippen molar-refractivity contribution in [3.05, 3.63) is 0 Å².